The molecule has 0 bridgehead atoms. The lowest BCUT2D eigenvalue weighted by Crippen LogP contribution is -2.61. The van der Waals surface area contributed by atoms with Gasteiger partial charge in [0.2, 0.25) is 11.8 Å². The standard InChI is InChI=1S/C10H16N2O2/c1-10(2)4-3-7(10)12-5-8(13)11-9(14)6-12/h7H,3-6H2,1-2H3,(H,11,13,14). The van der Waals surface area contributed by atoms with E-state index in [4.69, 9.17) is 0 Å². The molecule has 4 heteroatoms. The van der Waals surface area contributed by atoms with Gasteiger partial charge < -0.3 is 0 Å². The van der Waals surface area contributed by atoms with Crippen molar-refractivity contribution in [3.63, 3.8) is 0 Å². The molecule has 2 fully saturated rings. The van der Waals surface area contributed by atoms with Crippen molar-refractivity contribution in [3.05, 3.63) is 0 Å². The van der Waals surface area contributed by atoms with Gasteiger partial charge in [0.25, 0.3) is 0 Å². The Bertz CT molecular complexity index is 270. The summed E-state index contributed by atoms with van der Waals surface area (Å²) >= 11 is 0. The number of amides is 2. The lowest BCUT2D eigenvalue weighted by molar-refractivity contribution is -0.140. The van der Waals surface area contributed by atoms with Crippen LogP contribution in [0, 0.1) is 5.41 Å². The molecule has 2 amide bonds. The number of hydrogen-bond donors (Lipinski definition) is 1. The van der Waals surface area contributed by atoms with Crippen LogP contribution < -0.4 is 5.32 Å². The van der Waals surface area contributed by atoms with Crippen LogP contribution in [-0.2, 0) is 9.59 Å². The molecular formula is C10H16N2O2. The quantitative estimate of drug-likeness (QED) is 0.607. The number of rotatable bonds is 1. The van der Waals surface area contributed by atoms with Gasteiger partial charge in [-0.1, -0.05) is 13.8 Å². The van der Waals surface area contributed by atoms with Crippen LogP contribution in [0.3, 0.4) is 0 Å². The van der Waals surface area contributed by atoms with Gasteiger partial charge >= 0.3 is 0 Å². The Morgan fingerprint density at radius 2 is 1.86 bits per heavy atom. The number of hydrogen-bond acceptors (Lipinski definition) is 3. The minimum absolute atomic E-state index is 0.163. The minimum Gasteiger partial charge on any atom is -0.294 e. The molecule has 1 N–H and O–H groups in total. The molecule has 1 atom stereocenters. The van der Waals surface area contributed by atoms with E-state index in [1.54, 1.807) is 0 Å². The predicted octanol–water partition coefficient (Wildman–Crippen LogP) is 0.133. The minimum atomic E-state index is -0.163. The Hall–Kier alpha value is -0.900. The Morgan fingerprint density at radius 3 is 2.21 bits per heavy atom. The van der Waals surface area contributed by atoms with Gasteiger partial charge in [-0.2, -0.15) is 0 Å². The highest BCUT2D eigenvalue weighted by Crippen LogP contribution is 2.43. The highest BCUT2D eigenvalue weighted by molar-refractivity contribution is 5.99. The summed E-state index contributed by atoms with van der Waals surface area (Å²) in [5.74, 6) is -0.326. The zero-order chi connectivity index (χ0) is 10.3. The smallest absolute Gasteiger partial charge is 0.240 e. The molecule has 1 saturated carbocycles. The van der Waals surface area contributed by atoms with Crippen LogP contribution in [0.1, 0.15) is 26.7 Å². The molecular weight excluding hydrogens is 180 g/mol. The van der Waals surface area contributed by atoms with Gasteiger partial charge in [0.1, 0.15) is 0 Å². The molecule has 0 aromatic heterocycles. The molecule has 1 heterocycles. The summed E-state index contributed by atoms with van der Waals surface area (Å²) in [7, 11) is 0. The molecule has 0 spiro atoms. The Morgan fingerprint density at radius 1 is 1.29 bits per heavy atom. The average Bonchev–Trinajstić information content (AvgIpc) is 2.00. The lowest BCUT2D eigenvalue weighted by Gasteiger charge is -2.50. The van der Waals surface area contributed by atoms with Gasteiger partial charge in [-0.25, -0.2) is 0 Å². The highest BCUT2D eigenvalue weighted by atomic mass is 16.2. The molecule has 1 unspecified atom stereocenters. The molecule has 78 valence electrons. The van der Waals surface area contributed by atoms with E-state index in [1.165, 1.54) is 6.42 Å². The first-order valence-electron chi connectivity index (χ1n) is 5.06. The van der Waals surface area contributed by atoms with Crippen molar-refractivity contribution in [2.24, 2.45) is 5.41 Å². The molecule has 2 aliphatic rings. The Balaban J connectivity index is 2.04. The number of carbonyl (C=O) groups is 2. The van der Waals surface area contributed by atoms with E-state index < -0.39 is 0 Å². The number of imide groups is 1. The van der Waals surface area contributed by atoms with E-state index in [9.17, 15) is 9.59 Å². The number of nitrogens with zero attached hydrogens (tertiary/aromatic N) is 1. The van der Waals surface area contributed by atoms with Gasteiger partial charge in [-0.3, -0.25) is 19.8 Å². The largest absolute Gasteiger partial charge is 0.294 e. The van der Waals surface area contributed by atoms with Crippen molar-refractivity contribution in [3.8, 4) is 0 Å². The normalized spacial score (nSPS) is 32.3. The van der Waals surface area contributed by atoms with E-state index >= 15 is 0 Å². The zero-order valence-electron chi connectivity index (χ0n) is 8.67. The van der Waals surface area contributed by atoms with Crippen LogP contribution >= 0.6 is 0 Å². The van der Waals surface area contributed by atoms with Gasteiger partial charge in [-0.05, 0) is 18.3 Å². The van der Waals surface area contributed by atoms with Crippen LogP contribution in [-0.4, -0.2) is 35.8 Å². The van der Waals surface area contributed by atoms with Crippen molar-refractivity contribution >= 4 is 11.8 Å². The molecule has 0 radical (unpaired) electrons. The third-order valence-corrected chi connectivity index (χ3v) is 3.38. The fourth-order valence-corrected chi connectivity index (χ4v) is 2.41. The number of carbonyl (C=O) groups excluding carboxylic acids is 2. The monoisotopic (exact) mass is 196 g/mol. The van der Waals surface area contributed by atoms with Crippen molar-refractivity contribution < 1.29 is 9.59 Å². The van der Waals surface area contributed by atoms with E-state index in [2.05, 4.69) is 19.2 Å². The van der Waals surface area contributed by atoms with Gasteiger partial charge in [0.05, 0.1) is 13.1 Å². The summed E-state index contributed by atoms with van der Waals surface area (Å²) in [5.41, 5.74) is 0.262. The zero-order valence-corrected chi connectivity index (χ0v) is 8.67. The number of piperazine rings is 1. The van der Waals surface area contributed by atoms with Crippen LogP contribution in [0.4, 0.5) is 0 Å². The summed E-state index contributed by atoms with van der Waals surface area (Å²) in [5, 5.41) is 2.32. The number of nitrogens with one attached hydrogen (secondary N) is 1. The second-order valence-electron chi connectivity index (χ2n) is 4.92. The predicted molar refractivity (Wildman–Crippen MR) is 51.5 cm³/mol. The van der Waals surface area contributed by atoms with E-state index in [0.29, 0.717) is 19.1 Å². The Kier molecular flexibility index (Phi) is 2.10. The third kappa shape index (κ3) is 1.54. The fourth-order valence-electron chi connectivity index (χ4n) is 2.41. The molecule has 1 aliphatic carbocycles. The average molecular weight is 196 g/mol. The fraction of sp³-hybridized carbons (Fsp3) is 0.800. The van der Waals surface area contributed by atoms with Crippen molar-refractivity contribution in [1.82, 2.24) is 10.2 Å². The molecule has 1 saturated heterocycles. The summed E-state index contributed by atoms with van der Waals surface area (Å²) in [6, 6.07) is 0.400. The molecule has 0 aromatic carbocycles. The first-order chi connectivity index (χ1) is 6.49. The second kappa shape index (κ2) is 3.05. The maximum absolute atomic E-state index is 11.2. The molecule has 1 aliphatic heterocycles. The van der Waals surface area contributed by atoms with Crippen LogP contribution in [0.15, 0.2) is 0 Å². The lowest BCUT2D eigenvalue weighted by atomic mass is 9.66. The first-order valence-corrected chi connectivity index (χ1v) is 5.06. The molecule has 4 nitrogen and oxygen atoms in total. The molecule has 2 rings (SSSR count). The maximum atomic E-state index is 11.2. The topological polar surface area (TPSA) is 49.4 Å². The van der Waals surface area contributed by atoms with Crippen LogP contribution in [0.5, 0.6) is 0 Å². The van der Waals surface area contributed by atoms with Crippen molar-refractivity contribution in [2.45, 2.75) is 32.7 Å². The van der Waals surface area contributed by atoms with E-state index in [0.717, 1.165) is 6.42 Å². The third-order valence-electron chi connectivity index (χ3n) is 3.38. The van der Waals surface area contributed by atoms with Gasteiger partial charge in [0, 0.05) is 6.04 Å². The van der Waals surface area contributed by atoms with Gasteiger partial charge in [0.15, 0.2) is 0 Å². The summed E-state index contributed by atoms with van der Waals surface area (Å²) < 4.78 is 0. The highest BCUT2D eigenvalue weighted by Gasteiger charge is 2.44. The Labute approximate surface area is 83.6 Å². The van der Waals surface area contributed by atoms with Gasteiger partial charge in [-0.15, -0.1) is 0 Å². The van der Waals surface area contributed by atoms with E-state index in [-0.39, 0.29) is 17.2 Å². The maximum Gasteiger partial charge on any atom is 0.240 e. The van der Waals surface area contributed by atoms with Crippen LogP contribution in [0.2, 0.25) is 0 Å². The summed E-state index contributed by atoms with van der Waals surface area (Å²) in [6.07, 6.45) is 2.29. The van der Waals surface area contributed by atoms with E-state index in [1.807, 2.05) is 4.90 Å². The molecule has 14 heavy (non-hydrogen) atoms. The summed E-state index contributed by atoms with van der Waals surface area (Å²) in [4.78, 5) is 24.3. The molecule has 0 aromatic rings. The second-order valence-corrected chi connectivity index (χ2v) is 4.92. The van der Waals surface area contributed by atoms with Crippen LogP contribution in [0.25, 0.3) is 0 Å². The first kappa shape index (κ1) is 9.65. The SMILES string of the molecule is CC1(C)CCC1N1CC(=O)NC(=O)C1. The van der Waals surface area contributed by atoms with Crippen molar-refractivity contribution in [2.75, 3.05) is 13.1 Å². The van der Waals surface area contributed by atoms with Crippen molar-refractivity contribution in [1.29, 1.82) is 0 Å². The summed E-state index contributed by atoms with van der Waals surface area (Å²) in [6.45, 7) is 5.13.